The van der Waals surface area contributed by atoms with Gasteiger partial charge in [0.25, 0.3) is 5.91 Å². The van der Waals surface area contributed by atoms with Gasteiger partial charge in [0.2, 0.25) is 0 Å². The van der Waals surface area contributed by atoms with Crippen molar-refractivity contribution in [2.24, 2.45) is 0 Å². The molecule has 0 spiro atoms. The fourth-order valence-corrected chi connectivity index (χ4v) is 3.75. The van der Waals surface area contributed by atoms with Crippen LogP contribution in [0, 0.1) is 6.92 Å². The molecule has 118 valence electrons. The first-order valence-electron chi connectivity index (χ1n) is 8.14. The molecule has 0 saturated carbocycles. The number of fused-ring (bicyclic) bond motifs is 3. The Kier molecular flexibility index (Phi) is 3.29. The fourth-order valence-electron chi connectivity index (χ4n) is 3.75. The highest BCUT2D eigenvalue weighted by atomic mass is 16.2. The molecule has 5 heteroatoms. The second-order valence-electron chi connectivity index (χ2n) is 6.29. The van der Waals surface area contributed by atoms with Crippen molar-refractivity contribution in [1.29, 1.82) is 0 Å². The molecule has 0 fully saturated rings. The molecule has 2 aromatic rings. The molecule has 0 unspecified atom stereocenters. The van der Waals surface area contributed by atoms with E-state index in [0.717, 1.165) is 42.5 Å². The Hall–Kier alpha value is -2.43. The van der Waals surface area contributed by atoms with E-state index in [1.165, 1.54) is 18.5 Å². The van der Waals surface area contributed by atoms with Crippen molar-refractivity contribution < 1.29 is 9.59 Å². The molecule has 4 heterocycles. The Morgan fingerprint density at radius 2 is 2.09 bits per heavy atom. The summed E-state index contributed by atoms with van der Waals surface area (Å²) in [4.78, 5) is 30.4. The van der Waals surface area contributed by atoms with Crippen molar-refractivity contribution in [3.05, 3.63) is 46.4 Å². The lowest BCUT2D eigenvalue weighted by atomic mass is 10.1. The van der Waals surface area contributed by atoms with Gasteiger partial charge in [-0.2, -0.15) is 0 Å². The quantitative estimate of drug-likeness (QED) is 0.801. The van der Waals surface area contributed by atoms with Crippen LogP contribution in [0.4, 0.5) is 5.82 Å². The molecule has 5 nitrogen and oxygen atoms in total. The molecule has 4 rings (SSSR count). The molecular formula is C18H19N3O2. The van der Waals surface area contributed by atoms with E-state index in [9.17, 15) is 9.59 Å². The van der Waals surface area contributed by atoms with Gasteiger partial charge in [-0.1, -0.05) is 0 Å². The Bertz CT molecular complexity index is 807. The maximum atomic E-state index is 13.0. The minimum Gasteiger partial charge on any atom is -0.348 e. The number of anilines is 1. The number of rotatable bonds is 2. The number of carbonyl (C=O) groups is 2. The van der Waals surface area contributed by atoms with E-state index < -0.39 is 0 Å². The molecule has 0 radical (unpaired) electrons. The van der Waals surface area contributed by atoms with Crippen LogP contribution in [-0.2, 0) is 19.4 Å². The summed E-state index contributed by atoms with van der Waals surface area (Å²) < 4.78 is 2.32. The van der Waals surface area contributed by atoms with Gasteiger partial charge in [0.15, 0.2) is 6.29 Å². The molecule has 0 aromatic carbocycles. The molecule has 1 amide bonds. The Balaban J connectivity index is 1.77. The van der Waals surface area contributed by atoms with Gasteiger partial charge in [-0.15, -0.1) is 0 Å². The zero-order chi connectivity index (χ0) is 16.0. The highest BCUT2D eigenvalue weighted by Gasteiger charge is 2.32. The topological polar surface area (TPSA) is 55.2 Å². The van der Waals surface area contributed by atoms with Crippen molar-refractivity contribution >= 4 is 18.0 Å². The molecule has 0 bridgehead atoms. The van der Waals surface area contributed by atoms with Crippen LogP contribution in [0.15, 0.2) is 18.3 Å². The van der Waals surface area contributed by atoms with Crippen molar-refractivity contribution in [3.63, 3.8) is 0 Å². The second kappa shape index (κ2) is 5.33. The van der Waals surface area contributed by atoms with Gasteiger partial charge in [0, 0.05) is 37.1 Å². The lowest BCUT2D eigenvalue weighted by Crippen LogP contribution is -2.39. The van der Waals surface area contributed by atoms with Crippen molar-refractivity contribution in [1.82, 2.24) is 9.55 Å². The summed E-state index contributed by atoms with van der Waals surface area (Å²) in [6, 6.07) is 3.84. The smallest absolute Gasteiger partial charge is 0.261 e. The number of hydrogen-bond donors (Lipinski definition) is 0. The first-order chi connectivity index (χ1) is 11.2. The standard InChI is InChI=1S/C18H19N3O2/c1-12-5-7-19-17(15(12)11-22)21-9-6-16-14(18(21)23)10-13-4-2-3-8-20(13)16/h5,7,10-11H,2-4,6,8-9H2,1H3. The van der Waals surface area contributed by atoms with Gasteiger partial charge in [-0.3, -0.25) is 14.5 Å². The zero-order valence-electron chi connectivity index (χ0n) is 13.2. The van der Waals surface area contributed by atoms with Gasteiger partial charge in [0.05, 0.1) is 11.1 Å². The molecule has 23 heavy (non-hydrogen) atoms. The average molecular weight is 309 g/mol. The molecular weight excluding hydrogens is 290 g/mol. The molecule has 0 aliphatic carbocycles. The largest absolute Gasteiger partial charge is 0.348 e. The van der Waals surface area contributed by atoms with E-state index in [2.05, 4.69) is 9.55 Å². The van der Waals surface area contributed by atoms with Gasteiger partial charge >= 0.3 is 0 Å². The number of amides is 1. The average Bonchev–Trinajstić information content (AvgIpc) is 2.95. The summed E-state index contributed by atoms with van der Waals surface area (Å²) in [6.45, 7) is 3.46. The first-order valence-corrected chi connectivity index (χ1v) is 8.14. The highest BCUT2D eigenvalue weighted by Crippen LogP contribution is 2.30. The zero-order valence-corrected chi connectivity index (χ0v) is 13.2. The van der Waals surface area contributed by atoms with Crippen LogP contribution in [0.2, 0.25) is 0 Å². The number of aromatic nitrogens is 2. The molecule has 2 aromatic heterocycles. The summed E-state index contributed by atoms with van der Waals surface area (Å²) in [7, 11) is 0. The summed E-state index contributed by atoms with van der Waals surface area (Å²) >= 11 is 0. The van der Waals surface area contributed by atoms with Crippen LogP contribution < -0.4 is 4.90 Å². The van der Waals surface area contributed by atoms with Gasteiger partial charge in [-0.05, 0) is 43.9 Å². The number of pyridine rings is 1. The third kappa shape index (κ3) is 2.11. The highest BCUT2D eigenvalue weighted by molar-refractivity contribution is 6.09. The minimum atomic E-state index is -0.0330. The number of aryl methyl sites for hydroxylation is 2. The number of hydrogen-bond acceptors (Lipinski definition) is 3. The number of carbonyl (C=O) groups excluding carboxylic acids is 2. The van der Waals surface area contributed by atoms with E-state index in [-0.39, 0.29) is 5.91 Å². The second-order valence-corrected chi connectivity index (χ2v) is 6.29. The van der Waals surface area contributed by atoms with Gasteiger partial charge in [0.1, 0.15) is 5.82 Å². The predicted octanol–water partition coefficient (Wildman–Crippen LogP) is 2.54. The molecule has 0 saturated heterocycles. The van der Waals surface area contributed by atoms with E-state index >= 15 is 0 Å². The van der Waals surface area contributed by atoms with Crippen molar-refractivity contribution in [2.75, 3.05) is 11.4 Å². The van der Waals surface area contributed by atoms with Crippen LogP contribution in [0.25, 0.3) is 0 Å². The van der Waals surface area contributed by atoms with Gasteiger partial charge in [-0.25, -0.2) is 4.98 Å². The maximum absolute atomic E-state index is 13.0. The molecule has 2 aliphatic rings. The van der Waals surface area contributed by atoms with Crippen LogP contribution in [0.3, 0.4) is 0 Å². The van der Waals surface area contributed by atoms with E-state index in [1.54, 1.807) is 17.2 Å². The molecule has 0 N–H and O–H groups in total. The normalized spacial score (nSPS) is 16.9. The van der Waals surface area contributed by atoms with Crippen LogP contribution >= 0.6 is 0 Å². The third-order valence-corrected chi connectivity index (χ3v) is 4.97. The monoisotopic (exact) mass is 309 g/mol. The number of aldehydes is 1. The SMILES string of the molecule is Cc1ccnc(N2CCc3c(cc4n3CCCC4)C2=O)c1C=O. The van der Waals surface area contributed by atoms with Crippen LogP contribution in [-0.4, -0.2) is 28.3 Å². The lowest BCUT2D eigenvalue weighted by molar-refractivity contribution is 0.0979. The summed E-state index contributed by atoms with van der Waals surface area (Å²) in [5, 5.41) is 0. The number of nitrogens with zero attached hydrogens (tertiary/aromatic N) is 3. The van der Waals surface area contributed by atoms with E-state index in [4.69, 9.17) is 0 Å². The van der Waals surface area contributed by atoms with Crippen molar-refractivity contribution in [3.8, 4) is 0 Å². The predicted molar refractivity (Wildman–Crippen MR) is 87.1 cm³/mol. The van der Waals surface area contributed by atoms with Crippen molar-refractivity contribution in [2.45, 2.75) is 39.2 Å². The Labute approximate surface area is 134 Å². The summed E-state index contributed by atoms with van der Waals surface area (Å²) in [5.41, 5.74) is 4.56. The van der Waals surface area contributed by atoms with Crippen LogP contribution in [0.5, 0.6) is 0 Å². The molecule has 0 atom stereocenters. The van der Waals surface area contributed by atoms with Gasteiger partial charge < -0.3 is 4.57 Å². The summed E-state index contributed by atoms with van der Waals surface area (Å²) in [6.07, 6.45) is 6.68. The minimum absolute atomic E-state index is 0.0330. The Morgan fingerprint density at radius 3 is 2.91 bits per heavy atom. The maximum Gasteiger partial charge on any atom is 0.261 e. The van der Waals surface area contributed by atoms with E-state index in [1.807, 2.05) is 13.0 Å². The van der Waals surface area contributed by atoms with E-state index in [0.29, 0.717) is 17.9 Å². The van der Waals surface area contributed by atoms with Crippen LogP contribution in [0.1, 0.15) is 50.5 Å². The molecule has 2 aliphatic heterocycles. The fraction of sp³-hybridized carbons (Fsp3) is 0.389. The summed E-state index contributed by atoms with van der Waals surface area (Å²) in [5.74, 6) is 0.453. The third-order valence-electron chi connectivity index (χ3n) is 4.97. The first kappa shape index (κ1) is 14.2. The Morgan fingerprint density at radius 1 is 1.22 bits per heavy atom. The lowest BCUT2D eigenvalue weighted by Gasteiger charge is -2.28.